The Kier molecular flexibility index (Phi) is 2.56. The molecule has 1 aromatic carbocycles. The molecule has 5 heteroatoms. The Bertz CT molecular complexity index is 495. The summed E-state index contributed by atoms with van der Waals surface area (Å²) >= 11 is 8.91. The van der Waals surface area contributed by atoms with E-state index in [-0.39, 0.29) is 17.0 Å². The summed E-state index contributed by atoms with van der Waals surface area (Å²) in [5, 5.41) is 0.654. The molecular weight excluding hydrogens is 269 g/mol. The van der Waals surface area contributed by atoms with Crippen molar-refractivity contribution < 1.29 is 9.21 Å². The van der Waals surface area contributed by atoms with Gasteiger partial charge in [-0.3, -0.25) is 4.79 Å². The topological polar surface area (TPSA) is 43.1 Å². The predicted octanol–water partition coefficient (Wildman–Crippen LogP) is 3.06. The van der Waals surface area contributed by atoms with Crippen molar-refractivity contribution in [3.8, 4) is 0 Å². The second-order valence-electron chi connectivity index (χ2n) is 2.66. The van der Waals surface area contributed by atoms with Crippen LogP contribution < -0.4 is 0 Å². The number of hydrogen-bond acceptors (Lipinski definition) is 3. The number of rotatable bonds is 2. The number of fused-ring (bicyclic) bond motifs is 1. The third-order valence-electron chi connectivity index (χ3n) is 1.73. The van der Waals surface area contributed by atoms with Crippen LogP contribution in [0.5, 0.6) is 0 Å². The monoisotopic (exact) mass is 273 g/mol. The lowest BCUT2D eigenvalue weighted by Crippen LogP contribution is -1.99. The van der Waals surface area contributed by atoms with Gasteiger partial charge < -0.3 is 4.42 Å². The van der Waals surface area contributed by atoms with E-state index in [2.05, 4.69) is 20.9 Å². The fourth-order valence-corrected chi connectivity index (χ4v) is 1.54. The number of oxazole rings is 1. The Labute approximate surface area is 93.2 Å². The number of Topliss-reactive ketones (excluding diaryl/α,β-unsaturated/α-hetero) is 1. The first-order chi connectivity index (χ1) is 6.72. The number of benzene rings is 1. The van der Waals surface area contributed by atoms with E-state index in [9.17, 15) is 4.79 Å². The van der Waals surface area contributed by atoms with Crippen LogP contribution in [0.2, 0.25) is 5.02 Å². The molecule has 0 unspecified atom stereocenters. The second-order valence-corrected chi connectivity index (χ2v) is 3.63. The fourth-order valence-electron chi connectivity index (χ4n) is 1.09. The summed E-state index contributed by atoms with van der Waals surface area (Å²) in [6.07, 6.45) is 0. The number of aromatic nitrogens is 1. The molecule has 1 heterocycles. The van der Waals surface area contributed by atoms with Gasteiger partial charge in [-0.2, -0.15) is 0 Å². The highest BCUT2D eigenvalue weighted by Gasteiger charge is 2.14. The van der Waals surface area contributed by atoms with Crippen LogP contribution >= 0.6 is 27.5 Å². The van der Waals surface area contributed by atoms with Crippen molar-refractivity contribution in [1.29, 1.82) is 0 Å². The Morgan fingerprint density at radius 1 is 1.57 bits per heavy atom. The van der Waals surface area contributed by atoms with Crippen molar-refractivity contribution in [1.82, 2.24) is 4.98 Å². The van der Waals surface area contributed by atoms with E-state index in [1.807, 2.05) is 0 Å². The average Bonchev–Trinajstić information content (AvgIpc) is 2.62. The number of carbonyl (C=O) groups excluding carboxylic acids is 1. The molecule has 0 saturated carbocycles. The van der Waals surface area contributed by atoms with E-state index in [1.54, 1.807) is 18.2 Å². The zero-order valence-electron chi connectivity index (χ0n) is 6.96. The lowest BCUT2D eigenvalue weighted by atomic mass is 10.3. The molecule has 2 rings (SSSR count). The summed E-state index contributed by atoms with van der Waals surface area (Å²) in [7, 11) is 0. The maximum Gasteiger partial charge on any atom is 0.265 e. The minimum Gasteiger partial charge on any atom is -0.432 e. The molecule has 0 fully saturated rings. The van der Waals surface area contributed by atoms with Gasteiger partial charge in [0, 0.05) is 0 Å². The van der Waals surface area contributed by atoms with Crippen LogP contribution in [-0.4, -0.2) is 16.1 Å². The Hall–Kier alpha value is -0.870. The number of carbonyl (C=O) groups is 1. The Morgan fingerprint density at radius 3 is 3.00 bits per heavy atom. The lowest BCUT2D eigenvalue weighted by Gasteiger charge is -1.87. The summed E-state index contributed by atoms with van der Waals surface area (Å²) in [5.41, 5.74) is 1.06. The number of hydrogen-bond donors (Lipinski definition) is 0. The highest BCUT2D eigenvalue weighted by Crippen LogP contribution is 2.24. The number of para-hydroxylation sites is 1. The molecule has 3 nitrogen and oxygen atoms in total. The van der Waals surface area contributed by atoms with Crippen molar-refractivity contribution >= 4 is 44.4 Å². The van der Waals surface area contributed by atoms with Gasteiger partial charge in [-0.15, -0.1) is 0 Å². The van der Waals surface area contributed by atoms with Gasteiger partial charge >= 0.3 is 0 Å². The van der Waals surface area contributed by atoms with Gasteiger partial charge in [0.1, 0.15) is 5.52 Å². The molecule has 0 saturated heterocycles. The molecule has 1 aromatic heterocycles. The SMILES string of the molecule is O=C(CBr)c1nc2cccc(Cl)c2o1. The van der Waals surface area contributed by atoms with Gasteiger partial charge in [-0.05, 0) is 12.1 Å². The standard InChI is InChI=1S/C9H5BrClNO2/c10-4-7(13)9-12-6-3-1-2-5(11)8(6)14-9/h1-3H,4H2. The highest BCUT2D eigenvalue weighted by atomic mass is 79.9. The normalized spacial score (nSPS) is 10.7. The van der Waals surface area contributed by atoms with Crippen molar-refractivity contribution in [3.63, 3.8) is 0 Å². The van der Waals surface area contributed by atoms with Gasteiger partial charge in [0.25, 0.3) is 5.89 Å². The second kappa shape index (κ2) is 3.71. The number of ketones is 1. The largest absolute Gasteiger partial charge is 0.432 e. The number of nitrogens with zero attached hydrogens (tertiary/aromatic N) is 1. The van der Waals surface area contributed by atoms with Gasteiger partial charge in [-0.25, -0.2) is 4.98 Å². The Morgan fingerprint density at radius 2 is 2.36 bits per heavy atom. The quantitative estimate of drug-likeness (QED) is 0.624. The van der Waals surface area contributed by atoms with Gasteiger partial charge in [0.15, 0.2) is 5.58 Å². The van der Waals surface area contributed by atoms with Crippen LogP contribution in [0.1, 0.15) is 10.7 Å². The van der Waals surface area contributed by atoms with Crippen LogP contribution in [0.15, 0.2) is 22.6 Å². The first kappa shape index (κ1) is 9.68. The summed E-state index contributed by atoms with van der Waals surface area (Å²) < 4.78 is 5.23. The average molecular weight is 275 g/mol. The van der Waals surface area contributed by atoms with Crippen molar-refractivity contribution in [3.05, 3.63) is 29.1 Å². The van der Waals surface area contributed by atoms with Gasteiger partial charge in [0.05, 0.1) is 10.4 Å². The van der Waals surface area contributed by atoms with E-state index in [0.29, 0.717) is 16.1 Å². The maximum absolute atomic E-state index is 11.2. The zero-order valence-corrected chi connectivity index (χ0v) is 9.30. The summed E-state index contributed by atoms with van der Waals surface area (Å²) in [5.74, 6) is -0.109. The molecule has 14 heavy (non-hydrogen) atoms. The summed E-state index contributed by atoms with van der Waals surface area (Å²) in [6, 6.07) is 5.20. The molecule has 0 atom stereocenters. The third kappa shape index (κ3) is 1.55. The maximum atomic E-state index is 11.2. The zero-order chi connectivity index (χ0) is 10.1. The molecule has 0 spiro atoms. The van der Waals surface area contributed by atoms with E-state index in [1.165, 1.54) is 0 Å². The highest BCUT2D eigenvalue weighted by molar-refractivity contribution is 9.09. The van der Waals surface area contributed by atoms with Crippen LogP contribution in [0.25, 0.3) is 11.1 Å². The predicted molar refractivity (Wildman–Crippen MR) is 57.1 cm³/mol. The number of halogens is 2. The minimum atomic E-state index is -0.197. The van der Waals surface area contributed by atoms with Crippen LogP contribution in [0.4, 0.5) is 0 Å². The van der Waals surface area contributed by atoms with E-state index in [0.717, 1.165) is 0 Å². The summed E-state index contributed by atoms with van der Waals surface area (Å²) in [4.78, 5) is 15.3. The lowest BCUT2D eigenvalue weighted by molar-refractivity contribution is 0.0989. The first-order valence-corrected chi connectivity index (χ1v) is 5.36. The van der Waals surface area contributed by atoms with Crippen molar-refractivity contribution in [2.24, 2.45) is 0 Å². The third-order valence-corrected chi connectivity index (χ3v) is 2.53. The summed E-state index contributed by atoms with van der Waals surface area (Å²) in [6.45, 7) is 0. The molecular formula is C9H5BrClNO2. The van der Waals surface area contributed by atoms with Crippen LogP contribution in [0.3, 0.4) is 0 Å². The smallest absolute Gasteiger partial charge is 0.265 e. The fraction of sp³-hybridized carbons (Fsp3) is 0.111. The van der Waals surface area contributed by atoms with E-state index >= 15 is 0 Å². The molecule has 0 aliphatic carbocycles. The molecule has 0 N–H and O–H groups in total. The van der Waals surface area contributed by atoms with Crippen LogP contribution in [-0.2, 0) is 0 Å². The molecule has 2 aromatic rings. The molecule has 0 aliphatic heterocycles. The molecule has 0 amide bonds. The molecule has 72 valence electrons. The van der Waals surface area contributed by atoms with E-state index < -0.39 is 0 Å². The Balaban J connectivity index is 2.62. The van der Waals surface area contributed by atoms with Crippen molar-refractivity contribution in [2.45, 2.75) is 0 Å². The van der Waals surface area contributed by atoms with Crippen LogP contribution in [0, 0.1) is 0 Å². The van der Waals surface area contributed by atoms with E-state index in [4.69, 9.17) is 16.0 Å². The molecule has 0 radical (unpaired) electrons. The minimum absolute atomic E-state index is 0.0879. The first-order valence-electron chi connectivity index (χ1n) is 3.86. The van der Waals surface area contributed by atoms with Crippen molar-refractivity contribution in [2.75, 3.05) is 5.33 Å². The van der Waals surface area contributed by atoms with Gasteiger partial charge in [-0.1, -0.05) is 33.6 Å². The van der Waals surface area contributed by atoms with Gasteiger partial charge in [0.2, 0.25) is 5.78 Å². The molecule has 0 aliphatic rings. The molecule has 0 bridgehead atoms. The number of alkyl halides is 1.